The lowest BCUT2D eigenvalue weighted by molar-refractivity contribution is 0.679. The van der Waals surface area contributed by atoms with Gasteiger partial charge in [-0.25, -0.2) is 4.98 Å². The van der Waals surface area contributed by atoms with Crippen LogP contribution >= 0.6 is 27.5 Å². The van der Waals surface area contributed by atoms with Crippen molar-refractivity contribution in [1.82, 2.24) is 14.9 Å². The maximum atomic E-state index is 5.82. The number of nitrogens with one attached hydrogen (secondary N) is 1. The zero-order chi connectivity index (χ0) is 9.84. The summed E-state index contributed by atoms with van der Waals surface area (Å²) < 4.78 is 2.76. The Balaban J connectivity index is 2.45. The lowest BCUT2D eigenvalue weighted by Crippen LogP contribution is -2.17. The van der Waals surface area contributed by atoms with E-state index in [4.69, 9.17) is 11.6 Å². The molecule has 0 atom stereocenters. The summed E-state index contributed by atoms with van der Waals surface area (Å²) in [5.74, 6) is 0.916. The van der Waals surface area contributed by atoms with Gasteiger partial charge in [0.1, 0.15) is 11.0 Å². The van der Waals surface area contributed by atoms with Crippen molar-refractivity contribution in [3.63, 3.8) is 0 Å². The molecule has 0 aromatic carbocycles. The van der Waals surface area contributed by atoms with Crippen molar-refractivity contribution in [2.24, 2.45) is 7.05 Å². The second-order valence-corrected chi connectivity index (χ2v) is 4.19. The zero-order valence-corrected chi connectivity index (χ0v) is 9.69. The molecule has 0 fully saturated rings. The summed E-state index contributed by atoms with van der Waals surface area (Å²) in [5, 5.41) is 3.81. The largest absolute Gasteiger partial charge is 0.321 e. The monoisotopic (exact) mass is 263 g/mol. The standard InChI is InChI=1S/C8H11BrClN3/c1-6(9)3-11-5-8-12-4-7(10)13(8)2/h4,11H,1,3,5H2,2H3. The van der Waals surface area contributed by atoms with Crippen LogP contribution in [0.1, 0.15) is 5.82 Å². The molecule has 5 heteroatoms. The van der Waals surface area contributed by atoms with Gasteiger partial charge in [0.15, 0.2) is 0 Å². The van der Waals surface area contributed by atoms with Gasteiger partial charge in [-0.2, -0.15) is 0 Å². The summed E-state index contributed by atoms with van der Waals surface area (Å²) in [6.07, 6.45) is 1.64. The highest BCUT2D eigenvalue weighted by molar-refractivity contribution is 9.11. The Morgan fingerprint density at radius 3 is 3.00 bits per heavy atom. The zero-order valence-electron chi connectivity index (χ0n) is 7.35. The quantitative estimate of drug-likeness (QED) is 0.902. The highest BCUT2D eigenvalue weighted by atomic mass is 79.9. The number of aromatic nitrogens is 2. The van der Waals surface area contributed by atoms with E-state index in [0.717, 1.165) is 16.9 Å². The topological polar surface area (TPSA) is 29.9 Å². The van der Waals surface area contributed by atoms with Crippen LogP contribution in [-0.2, 0) is 13.6 Å². The first-order chi connectivity index (χ1) is 6.11. The van der Waals surface area contributed by atoms with Gasteiger partial charge in [-0.3, -0.25) is 0 Å². The van der Waals surface area contributed by atoms with Gasteiger partial charge >= 0.3 is 0 Å². The van der Waals surface area contributed by atoms with E-state index in [1.54, 1.807) is 6.20 Å². The average Bonchev–Trinajstić information content (AvgIpc) is 2.35. The number of halogens is 2. The van der Waals surface area contributed by atoms with Crippen LogP contribution in [0.3, 0.4) is 0 Å². The number of hydrogen-bond acceptors (Lipinski definition) is 2. The van der Waals surface area contributed by atoms with Gasteiger partial charge in [-0.1, -0.05) is 34.1 Å². The highest BCUT2D eigenvalue weighted by Gasteiger charge is 2.02. The Hall–Kier alpha value is -0.320. The average molecular weight is 265 g/mol. The molecular weight excluding hydrogens is 253 g/mol. The molecule has 0 saturated heterocycles. The van der Waals surface area contributed by atoms with Gasteiger partial charge in [0.2, 0.25) is 0 Å². The fourth-order valence-corrected chi connectivity index (χ4v) is 1.24. The predicted molar refractivity (Wildman–Crippen MR) is 58.0 cm³/mol. The summed E-state index contributed by atoms with van der Waals surface area (Å²) in [6.45, 7) is 5.13. The van der Waals surface area contributed by atoms with Crippen molar-refractivity contribution in [3.05, 3.63) is 28.2 Å². The summed E-state index contributed by atoms with van der Waals surface area (Å²) in [7, 11) is 1.88. The first-order valence-corrected chi connectivity index (χ1v) is 4.98. The molecule has 1 aromatic heterocycles. The molecule has 0 amide bonds. The van der Waals surface area contributed by atoms with Crippen LogP contribution in [-0.4, -0.2) is 16.1 Å². The molecule has 0 aliphatic heterocycles. The predicted octanol–water partition coefficient (Wildman–Crippen LogP) is 2.07. The minimum atomic E-state index is 0.648. The van der Waals surface area contributed by atoms with Crippen molar-refractivity contribution in [3.8, 4) is 0 Å². The Morgan fingerprint density at radius 2 is 2.54 bits per heavy atom. The number of rotatable bonds is 4. The van der Waals surface area contributed by atoms with Gasteiger partial charge in [0.25, 0.3) is 0 Å². The summed E-state index contributed by atoms with van der Waals surface area (Å²) >= 11 is 9.08. The summed E-state index contributed by atoms with van der Waals surface area (Å²) in [4.78, 5) is 4.14. The van der Waals surface area contributed by atoms with Gasteiger partial charge in [-0.15, -0.1) is 0 Å². The third kappa shape index (κ3) is 3.14. The van der Waals surface area contributed by atoms with Crippen LogP contribution < -0.4 is 5.32 Å². The van der Waals surface area contributed by atoms with E-state index < -0.39 is 0 Å². The fraction of sp³-hybridized carbons (Fsp3) is 0.375. The smallest absolute Gasteiger partial charge is 0.128 e. The molecule has 13 heavy (non-hydrogen) atoms. The molecule has 0 bridgehead atoms. The van der Waals surface area contributed by atoms with Gasteiger partial charge in [-0.05, 0) is 0 Å². The molecular formula is C8H11BrClN3. The molecule has 0 aliphatic carbocycles. The number of hydrogen-bond donors (Lipinski definition) is 1. The highest BCUT2D eigenvalue weighted by Crippen LogP contribution is 2.08. The van der Waals surface area contributed by atoms with E-state index in [2.05, 4.69) is 32.8 Å². The van der Waals surface area contributed by atoms with Crippen LogP contribution in [0.25, 0.3) is 0 Å². The molecule has 72 valence electrons. The Labute approximate surface area is 90.9 Å². The van der Waals surface area contributed by atoms with Crippen molar-refractivity contribution in [1.29, 1.82) is 0 Å². The van der Waals surface area contributed by atoms with E-state index >= 15 is 0 Å². The summed E-state index contributed by atoms with van der Waals surface area (Å²) in [5.41, 5.74) is 0. The van der Waals surface area contributed by atoms with E-state index in [9.17, 15) is 0 Å². The Kier molecular flexibility index (Phi) is 3.96. The SMILES string of the molecule is C=C(Br)CNCc1ncc(Cl)n1C. The Bertz CT molecular complexity index is 308. The van der Waals surface area contributed by atoms with Gasteiger partial charge in [0, 0.05) is 18.1 Å². The molecule has 0 aliphatic rings. The van der Waals surface area contributed by atoms with Crippen LogP contribution in [0, 0.1) is 0 Å². The number of imidazole rings is 1. The molecule has 0 radical (unpaired) electrons. The van der Waals surface area contributed by atoms with E-state index in [1.807, 2.05) is 11.6 Å². The van der Waals surface area contributed by atoms with Crippen LogP contribution in [0.5, 0.6) is 0 Å². The van der Waals surface area contributed by atoms with Crippen LogP contribution in [0.2, 0.25) is 5.15 Å². The van der Waals surface area contributed by atoms with Crippen molar-refractivity contribution < 1.29 is 0 Å². The molecule has 0 unspecified atom stereocenters. The van der Waals surface area contributed by atoms with Crippen LogP contribution in [0.4, 0.5) is 0 Å². The molecule has 1 heterocycles. The van der Waals surface area contributed by atoms with E-state index in [-0.39, 0.29) is 0 Å². The summed E-state index contributed by atoms with van der Waals surface area (Å²) in [6, 6.07) is 0. The lowest BCUT2D eigenvalue weighted by atomic mass is 10.5. The van der Waals surface area contributed by atoms with Crippen LogP contribution in [0.15, 0.2) is 17.3 Å². The second kappa shape index (κ2) is 4.79. The van der Waals surface area contributed by atoms with E-state index in [1.165, 1.54) is 0 Å². The molecule has 1 rings (SSSR count). The molecule has 0 saturated carbocycles. The number of nitrogens with zero attached hydrogens (tertiary/aromatic N) is 2. The first kappa shape index (κ1) is 10.8. The molecule has 1 aromatic rings. The first-order valence-electron chi connectivity index (χ1n) is 3.81. The van der Waals surface area contributed by atoms with Gasteiger partial charge < -0.3 is 9.88 Å². The van der Waals surface area contributed by atoms with E-state index in [0.29, 0.717) is 11.7 Å². The normalized spacial score (nSPS) is 10.4. The Morgan fingerprint density at radius 1 is 1.85 bits per heavy atom. The lowest BCUT2D eigenvalue weighted by Gasteiger charge is -2.03. The van der Waals surface area contributed by atoms with Crippen molar-refractivity contribution >= 4 is 27.5 Å². The van der Waals surface area contributed by atoms with Crippen molar-refractivity contribution in [2.45, 2.75) is 6.54 Å². The molecule has 1 N–H and O–H groups in total. The minimum Gasteiger partial charge on any atom is -0.321 e. The minimum absolute atomic E-state index is 0.648. The molecule has 3 nitrogen and oxygen atoms in total. The second-order valence-electron chi connectivity index (χ2n) is 2.68. The third-order valence-corrected chi connectivity index (χ3v) is 2.26. The maximum Gasteiger partial charge on any atom is 0.128 e. The maximum absolute atomic E-state index is 5.82. The van der Waals surface area contributed by atoms with Gasteiger partial charge in [0.05, 0.1) is 12.7 Å². The molecule has 0 spiro atoms. The van der Waals surface area contributed by atoms with Crippen molar-refractivity contribution in [2.75, 3.05) is 6.54 Å². The fourth-order valence-electron chi connectivity index (χ4n) is 0.898. The third-order valence-electron chi connectivity index (χ3n) is 1.63.